The molecular formula is C27H24ClFN4O2. The molecule has 4 aromatic rings. The van der Waals surface area contributed by atoms with Gasteiger partial charge in [-0.1, -0.05) is 23.7 Å². The van der Waals surface area contributed by atoms with Gasteiger partial charge in [-0.2, -0.15) is 5.10 Å². The summed E-state index contributed by atoms with van der Waals surface area (Å²) in [4.78, 5) is 19.2. The van der Waals surface area contributed by atoms with E-state index in [0.29, 0.717) is 47.8 Å². The Bertz CT molecular complexity index is 1370. The van der Waals surface area contributed by atoms with Crippen molar-refractivity contribution in [2.75, 3.05) is 6.54 Å². The second-order valence-electron chi connectivity index (χ2n) is 8.73. The van der Waals surface area contributed by atoms with E-state index < -0.39 is 0 Å². The first kappa shape index (κ1) is 23.1. The molecule has 1 saturated heterocycles. The number of aromatic hydroxyl groups is 1. The van der Waals surface area contributed by atoms with Crippen molar-refractivity contribution >= 4 is 17.5 Å². The molecule has 8 heteroatoms. The van der Waals surface area contributed by atoms with Gasteiger partial charge in [-0.25, -0.2) is 9.07 Å². The number of hydrogen-bond acceptors (Lipinski definition) is 4. The van der Waals surface area contributed by atoms with Crippen LogP contribution in [0.3, 0.4) is 0 Å². The van der Waals surface area contributed by atoms with Crippen molar-refractivity contribution in [3.05, 3.63) is 94.5 Å². The van der Waals surface area contributed by atoms with Crippen LogP contribution < -0.4 is 0 Å². The number of halogens is 2. The van der Waals surface area contributed by atoms with Crippen molar-refractivity contribution in [3.63, 3.8) is 0 Å². The molecule has 1 amide bonds. The molecule has 2 aromatic heterocycles. The maximum Gasteiger partial charge on any atom is 0.223 e. The fourth-order valence-corrected chi connectivity index (χ4v) is 4.61. The van der Waals surface area contributed by atoms with Crippen LogP contribution in [0.25, 0.3) is 17.1 Å². The Balaban J connectivity index is 1.52. The summed E-state index contributed by atoms with van der Waals surface area (Å²) in [6, 6.07) is 15.3. The van der Waals surface area contributed by atoms with Gasteiger partial charge in [-0.05, 0) is 73.4 Å². The van der Waals surface area contributed by atoms with Crippen LogP contribution in [0.2, 0.25) is 5.02 Å². The molecule has 1 aliphatic heterocycles. The van der Waals surface area contributed by atoms with Gasteiger partial charge >= 0.3 is 0 Å². The summed E-state index contributed by atoms with van der Waals surface area (Å²) in [5, 5.41) is 14.9. The molecule has 0 aliphatic carbocycles. The number of aromatic nitrogens is 3. The van der Waals surface area contributed by atoms with Crippen LogP contribution in [0.5, 0.6) is 5.75 Å². The molecule has 6 nitrogen and oxygen atoms in total. The third-order valence-corrected chi connectivity index (χ3v) is 6.61. The highest BCUT2D eigenvalue weighted by atomic mass is 35.5. The van der Waals surface area contributed by atoms with Gasteiger partial charge in [-0.3, -0.25) is 9.78 Å². The predicted molar refractivity (Wildman–Crippen MR) is 132 cm³/mol. The standard InChI is InChI=1S/C27H24ClFN4O2/c1-17-14-20(5-8-23(17)29)33-16-22(27(31-33)24-9-4-19(28)15-30-24)25-10-11-26(35)32(25)13-12-18-2-6-21(34)7-3-18/h2-9,14-16,25,34H,10-13H2,1H3/t25-/m1/s1. The van der Waals surface area contributed by atoms with Crippen LogP contribution in [-0.2, 0) is 11.2 Å². The molecule has 0 radical (unpaired) electrons. The molecule has 5 rings (SSSR count). The van der Waals surface area contributed by atoms with Crippen molar-refractivity contribution in [2.45, 2.75) is 32.2 Å². The molecule has 1 fully saturated rings. The Morgan fingerprint density at radius 3 is 2.66 bits per heavy atom. The SMILES string of the molecule is Cc1cc(-n2cc([C@H]3CCC(=O)N3CCc3ccc(O)cc3)c(-c3ccc(Cl)cn3)n2)ccc1F. The van der Waals surface area contributed by atoms with E-state index in [9.17, 15) is 14.3 Å². The highest BCUT2D eigenvalue weighted by Crippen LogP contribution is 2.38. The minimum Gasteiger partial charge on any atom is -0.508 e. The first-order valence-electron chi connectivity index (χ1n) is 11.4. The van der Waals surface area contributed by atoms with Gasteiger partial charge in [0.25, 0.3) is 0 Å². The first-order chi connectivity index (χ1) is 16.9. The zero-order valence-corrected chi connectivity index (χ0v) is 19.9. The number of phenolic OH excluding ortho intramolecular Hbond substituents is 1. The lowest BCUT2D eigenvalue weighted by atomic mass is 10.0. The van der Waals surface area contributed by atoms with Gasteiger partial charge in [0.2, 0.25) is 5.91 Å². The Morgan fingerprint density at radius 2 is 1.94 bits per heavy atom. The first-order valence-corrected chi connectivity index (χ1v) is 11.8. The lowest BCUT2D eigenvalue weighted by Gasteiger charge is -2.25. The Kier molecular flexibility index (Phi) is 6.26. The van der Waals surface area contributed by atoms with Crippen LogP contribution >= 0.6 is 11.6 Å². The largest absolute Gasteiger partial charge is 0.508 e. The van der Waals surface area contributed by atoms with E-state index in [1.807, 2.05) is 29.3 Å². The van der Waals surface area contributed by atoms with E-state index in [1.54, 1.807) is 48.1 Å². The van der Waals surface area contributed by atoms with Crippen molar-refractivity contribution in [1.82, 2.24) is 19.7 Å². The molecule has 1 aliphatic rings. The maximum atomic E-state index is 13.9. The van der Waals surface area contributed by atoms with Crippen LogP contribution in [-0.4, -0.2) is 37.2 Å². The second-order valence-corrected chi connectivity index (χ2v) is 9.17. The summed E-state index contributed by atoms with van der Waals surface area (Å²) in [7, 11) is 0. The summed E-state index contributed by atoms with van der Waals surface area (Å²) < 4.78 is 15.6. The monoisotopic (exact) mass is 490 g/mol. The summed E-state index contributed by atoms with van der Waals surface area (Å²) in [6.45, 7) is 2.26. The highest BCUT2D eigenvalue weighted by molar-refractivity contribution is 6.30. The van der Waals surface area contributed by atoms with Crippen molar-refractivity contribution < 1.29 is 14.3 Å². The predicted octanol–water partition coefficient (Wildman–Crippen LogP) is 5.65. The van der Waals surface area contributed by atoms with E-state index in [0.717, 1.165) is 16.8 Å². The van der Waals surface area contributed by atoms with Crippen molar-refractivity contribution in [2.24, 2.45) is 0 Å². The number of pyridine rings is 1. The number of likely N-dealkylation sites (tertiary alicyclic amines) is 1. The highest BCUT2D eigenvalue weighted by Gasteiger charge is 2.35. The molecule has 1 N–H and O–H groups in total. The molecule has 0 saturated carbocycles. The van der Waals surface area contributed by atoms with E-state index in [4.69, 9.17) is 16.7 Å². The molecule has 0 unspecified atom stereocenters. The van der Waals surface area contributed by atoms with Gasteiger partial charge in [0.1, 0.15) is 17.3 Å². The fraction of sp³-hybridized carbons (Fsp3) is 0.222. The smallest absolute Gasteiger partial charge is 0.223 e. The van der Waals surface area contributed by atoms with Crippen molar-refractivity contribution in [3.8, 4) is 22.8 Å². The average molecular weight is 491 g/mol. The topological polar surface area (TPSA) is 71.2 Å². The lowest BCUT2D eigenvalue weighted by molar-refractivity contribution is -0.129. The molecule has 0 bridgehead atoms. The second kappa shape index (κ2) is 9.50. The third kappa shape index (κ3) is 4.77. The van der Waals surface area contributed by atoms with Crippen LogP contribution in [0.15, 0.2) is 67.0 Å². The third-order valence-electron chi connectivity index (χ3n) is 6.38. The van der Waals surface area contributed by atoms with Crippen LogP contribution in [0, 0.1) is 12.7 Å². The maximum absolute atomic E-state index is 13.9. The fourth-order valence-electron chi connectivity index (χ4n) is 4.50. The Morgan fingerprint density at radius 1 is 1.14 bits per heavy atom. The molecule has 2 aromatic carbocycles. The number of aryl methyl sites for hydroxylation is 1. The van der Waals surface area contributed by atoms with E-state index in [2.05, 4.69) is 4.98 Å². The number of hydrogen-bond donors (Lipinski definition) is 1. The summed E-state index contributed by atoms with van der Waals surface area (Å²) in [6.07, 6.45) is 5.28. The zero-order chi connectivity index (χ0) is 24.5. The number of phenols is 1. The summed E-state index contributed by atoms with van der Waals surface area (Å²) in [5.74, 6) is 0.0316. The van der Waals surface area contributed by atoms with E-state index >= 15 is 0 Å². The lowest BCUT2D eigenvalue weighted by Crippen LogP contribution is -2.30. The van der Waals surface area contributed by atoms with Gasteiger partial charge in [0, 0.05) is 30.9 Å². The minimum atomic E-state index is -0.275. The normalized spacial score (nSPS) is 15.7. The number of carbonyl (C=O) groups excluding carboxylic acids is 1. The number of amides is 1. The summed E-state index contributed by atoms with van der Waals surface area (Å²) in [5.41, 5.74) is 4.50. The number of rotatable bonds is 6. The number of nitrogens with zero attached hydrogens (tertiary/aromatic N) is 4. The number of benzene rings is 2. The van der Waals surface area contributed by atoms with E-state index in [1.165, 1.54) is 6.07 Å². The van der Waals surface area contributed by atoms with E-state index in [-0.39, 0.29) is 23.5 Å². The zero-order valence-electron chi connectivity index (χ0n) is 19.2. The van der Waals surface area contributed by atoms with Crippen LogP contribution in [0.1, 0.15) is 35.6 Å². The molecular weight excluding hydrogens is 467 g/mol. The minimum absolute atomic E-state index is 0.0918. The average Bonchev–Trinajstić information content (AvgIpc) is 3.44. The molecule has 35 heavy (non-hydrogen) atoms. The molecule has 1 atom stereocenters. The summed E-state index contributed by atoms with van der Waals surface area (Å²) >= 11 is 6.06. The van der Waals surface area contributed by atoms with Crippen LogP contribution in [0.4, 0.5) is 4.39 Å². The molecule has 3 heterocycles. The van der Waals surface area contributed by atoms with Gasteiger partial charge in [0.05, 0.1) is 22.4 Å². The Labute approximate surface area is 207 Å². The van der Waals surface area contributed by atoms with Gasteiger partial charge in [0.15, 0.2) is 0 Å². The quantitative estimate of drug-likeness (QED) is 0.379. The number of carbonyl (C=O) groups is 1. The van der Waals surface area contributed by atoms with Gasteiger partial charge in [-0.15, -0.1) is 0 Å². The Hall–Kier alpha value is -3.71. The van der Waals surface area contributed by atoms with Crippen molar-refractivity contribution in [1.29, 1.82) is 0 Å². The van der Waals surface area contributed by atoms with Gasteiger partial charge < -0.3 is 10.0 Å². The molecule has 0 spiro atoms. The molecule has 178 valence electrons.